The number of rotatable bonds is 6. The molecule has 0 amide bonds. The SMILES string of the molecule is CCC(C)C(O)CNCc1cc(Cl)cc(Cl)c1O. The fourth-order valence-electron chi connectivity index (χ4n) is 1.58. The number of aliphatic hydroxyl groups excluding tert-OH is 1. The fourth-order valence-corrected chi connectivity index (χ4v) is 2.12. The molecular formula is C13H19Cl2NO2. The molecule has 18 heavy (non-hydrogen) atoms. The second-order valence-corrected chi connectivity index (χ2v) is 5.32. The Morgan fingerprint density at radius 1 is 1.33 bits per heavy atom. The number of halogens is 2. The molecule has 0 spiro atoms. The lowest BCUT2D eigenvalue weighted by atomic mass is 10.0. The van der Waals surface area contributed by atoms with E-state index >= 15 is 0 Å². The number of aliphatic hydroxyl groups is 1. The number of benzene rings is 1. The molecule has 0 bridgehead atoms. The van der Waals surface area contributed by atoms with Crippen LogP contribution in [0.4, 0.5) is 0 Å². The van der Waals surface area contributed by atoms with Gasteiger partial charge < -0.3 is 15.5 Å². The van der Waals surface area contributed by atoms with Crippen LogP contribution in [-0.4, -0.2) is 22.9 Å². The Balaban J connectivity index is 2.54. The molecule has 2 atom stereocenters. The zero-order valence-corrected chi connectivity index (χ0v) is 12.1. The molecule has 1 rings (SSSR count). The fraction of sp³-hybridized carbons (Fsp3) is 0.538. The van der Waals surface area contributed by atoms with Crippen molar-refractivity contribution in [3.05, 3.63) is 27.7 Å². The minimum Gasteiger partial charge on any atom is -0.506 e. The lowest BCUT2D eigenvalue weighted by Gasteiger charge is -2.18. The minimum absolute atomic E-state index is 0.0339. The molecule has 0 saturated heterocycles. The number of phenolic OH excluding ortho intramolecular Hbond substituents is 1. The summed E-state index contributed by atoms with van der Waals surface area (Å²) in [6, 6.07) is 3.15. The monoisotopic (exact) mass is 291 g/mol. The molecule has 1 aromatic carbocycles. The molecule has 3 nitrogen and oxygen atoms in total. The Labute approximate surface area is 118 Å². The molecule has 0 aliphatic heterocycles. The van der Waals surface area contributed by atoms with Gasteiger partial charge in [-0.15, -0.1) is 0 Å². The molecule has 0 radical (unpaired) electrons. The molecule has 2 unspecified atom stereocenters. The Hall–Kier alpha value is -0.480. The van der Waals surface area contributed by atoms with Crippen molar-refractivity contribution in [3.63, 3.8) is 0 Å². The van der Waals surface area contributed by atoms with E-state index in [0.717, 1.165) is 6.42 Å². The first kappa shape index (κ1) is 15.6. The van der Waals surface area contributed by atoms with E-state index in [2.05, 4.69) is 5.32 Å². The van der Waals surface area contributed by atoms with Gasteiger partial charge in [0.1, 0.15) is 5.75 Å². The Bertz CT molecular complexity index is 399. The first-order valence-electron chi connectivity index (χ1n) is 6.01. The molecule has 3 N–H and O–H groups in total. The lowest BCUT2D eigenvalue weighted by Crippen LogP contribution is -2.31. The van der Waals surface area contributed by atoms with Crippen LogP contribution in [0.1, 0.15) is 25.8 Å². The summed E-state index contributed by atoms with van der Waals surface area (Å²) in [5.74, 6) is 0.278. The zero-order chi connectivity index (χ0) is 13.7. The highest BCUT2D eigenvalue weighted by molar-refractivity contribution is 6.35. The average molecular weight is 292 g/mol. The second kappa shape index (κ2) is 7.19. The quantitative estimate of drug-likeness (QED) is 0.754. The Morgan fingerprint density at radius 3 is 2.61 bits per heavy atom. The highest BCUT2D eigenvalue weighted by Gasteiger charge is 2.12. The topological polar surface area (TPSA) is 52.5 Å². The second-order valence-electron chi connectivity index (χ2n) is 4.48. The molecule has 0 fully saturated rings. The molecule has 0 aliphatic rings. The van der Waals surface area contributed by atoms with Gasteiger partial charge in [-0.2, -0.15) is 0 Å². The first-order valence-corrected chi connectivity index (χ1v) is 6.77. The average Bonchev–Trinajstić information content (AvgIpc) is 2.33. The summed E-state index contributed by atoms with van der Waals surface area (Å²) in [6.45, 7) is 4.93. The summed E-state index contributed by atoms with van der Waals surface area (Å²) in [7, 11) is 0. The van der Waals surface area contributed by atoms with E-state index in [1.54, 1.807) is 6.07 Å². The minimum atomic E-state index is -0.396. The van der Waals surface area contributed by atoms with Gasteiger partial charge in [-0.05, 0) is 18.1 Å². The highest BCUT2D eigenvalue weighted by atomic mass is 35.5. The summed E-state index contributed by atoms with van der Waals surface area (Å²) in [5, 5.41) is 23.4. The van der Waals surface area contributed by atoms with Crippen LogP contribution in [-0.2, 0) is 6.54 Å². The first-order chi connectivity index (χ1) is 8.45. The van der Waals surface area contributed by atoms with Crippen molar-refractivity contribution in [2.75, 3.05) is 6.54 Å². The van der Waals surface area contributed by atoms with E-state index in [0.29, 0.717) is 23.7 Å². The molecule has 0 aliphatic carbocycles. The van der Waals surface area contributed by atoms with Crippen molar-refractivity contribution < 1.29 is 10.2 Å². The normalized spacial score (nSPS) is 14.5. The maximum absolute atomic E-state index is 9.80. The van der Waals surface area contributed by atoms with Gasteiger partial charge in [0, 0.05) is 23.7 Å². The summed E-state index contributed by atoms with van der Waals surface area (Å²) in [4.78, 5) is 0. The van der Waals surface area contributed by atoms with Gasteiger partial charge >= 0.3 is 0 Å². The summed E-state index contributed by atoms with van der Waals surface area (Å²) in [5.41, 5.74) is 0.629. The van der Waals surface area contributed by atoms with Crippen molar-refractivity contribution in [1.82, 2.24) is 5.32 Å². The third-order valence-electron chi connectivity index (χ3n) is 3.08. The standard InChI is InChI=1S/C13H19Cl2NO2/c1-3-8(2)12(17)7-16-6-9-4-10(14)5-11(15)13(9)18/h4-5,8,12,16-18H,3,6-7H2,1-2H3. The van der Waals surface area contributed by atoms with Gasteiger partial charge in [0.05, 0.1) is 11.1 Å². The third-order valence-corrected chi connectivity index (χ3v) is 3.58. The molecule has 102 valence electrons. The van der Waals surface area contributed by atoms with E-state index in [1.165, 1.54) is 6.07 Å². The lowest BCUT2D eigenvalue weighted by molar-refractivity contribution is 0.112. The van der Waals surface area contributed by atoms with Crippen LogP contribution in [0.5, 0.6) is 5.75 Å². The summed E-state index contributed by atoms with van der Waals surface area (Å²) in [6.07, 6.45) is 0.531. The molecule has 1 aromatic rings. The molecule has 0 heterocycles. The van der Waals surface area contributed by atoms with Crippen molar-refractivity contribution in [3.8, 4) is 5.75 Å². The van der Waals surface area contributed by atoms with Crippen LogP contribution in [0.15, 0.2) is 12.1 Å². The summed E-state index contributed by atoms with van der Waals surface area (Å²) >= 11 is 11.7. The zero-order valence-electron chi connectivity index (χ0n) is 10.6. The van der Waals surface area contributed by atoms with Crippen LogP contribution in [0.25, 0.3) is 0 Å². The van der Waals surface area contributed by atoms with Crippen LogP contribution in [0.3, 0.4) is 0 Å². The van der Waals surface area contributed by atoms with E-state index in [-0.39, 0.29) is 16.7 Å². The van der Waals surface area contributed by atoms with Crippen LogP contribution in [0.2, 0.25) is 10.0 Å². The number of hydrogen-bond acceptors (Lipinski definition) is 3. The number of hydrogen-bond donors (Lipinski definition) is 3. The predicted molar refractivity (Wildman–Crippen MR) is 75.3 cm³/mol. The van der Waals surface area contributed by atoms with Gasteiger partial charge in [-0.25, -0.2) is 0 Å². The van der Waals surface area contributed by atoms with Crippen molar-refractivity contribution in [1.29, 1.82) is 0 Å². The number of nitrogens with one attached hydrogen (secondary N) is 1. The van der Waals surface area contributed by atoms with E-state index in [4.69, 9.17) is 23.2 Å². The molecule has 0 saturated carbocycles. The van der Waals surface area contributed by atoms with Crippen LogP contribution >= 0.6 is 23.2 Å². The smallest absolute Gasteiger partial charge is 0.138 e. The maximum Gasteiger partial charge on any atom is 0.138 e. The third kappa shape index (κ3) is 4.32. The van der Waals surface area contributed by atoms with E-state index in [9.17, 15) is 10.2 Å². The van der Waals surface area contributed by atoms with Crippen molar-refractivity contribution in [2.24, 2.45) is 5.92 Å². The largest absolute Gasteiger partial charge is 0.506 e. The van der Waals surface area contributed by atoms with E-state index in [1.807, 2.05) is 13.8 Å². The van der Waals surface area contributed by atoms with Crippen LogP contribution in [0, 0.1) is 5.92 Å². The number of phenols is 1. The highest BCUT2D eigenvalue weighted by Crippen LogP contribution is 2.30. The van der Waals surface area contributed by atoms with Crippen molar-refractivity contribution in [2.45, 2.75) is 32.9 Å². The molecular weight excluding hydrogens is 273 g/mol. The maximum atomic E-state index is 9.80. The van der Waals surface area contributed by atoms with Gasteiger partial charge in [-0.3, -0.25) is 0 Å². The van der Waals surface area contributed by atoms with Gasteiger partial charge in [0.2, 0.25) is 0 Å². The van der Waals surface area contributed by atoms with Gasteiger partial charge in [0.25, 0.3) is 0 Å². The Morgan fingerprint density at radius 2 is 2.00 bits per heavy atom. The van der Waals surface area contributed by atoms with Gasteiger partial charge in [0.15, 0.2) is 0 Å². The predicted octanol–water partition coefficient (Wildman–Crippen LogP) is 3.20. The van der Waals surface area contributed by atoms with Gasteiger partial charge in [-0.1, -0.05) is 43.5 Å². The number of aromatic hydroxyl groups is 1. The van der Waals surface area contributed by atoms with E-state index < -0.39 is 6.10 Å². The van der Waals surface area contributed by atoms with Crippen molar-refractivity contribution >= 4 is 23.2 Å². The Kier molecular flexibility index (Phi) is 6.22. The molecule has 0 aromatic heterocycles. The molecule has 5 heteroatoms. The van der Waals surface area contributed by atoms with Crippen LogP contribution < -0.4 is 5.32 Å². The summed E-state index contributed by atoms with van der Waals surface area (Å²) < 4.78 is 0.